The molecule has 0 aromatic carbocycles. The van der Waals surface area contributed by atoms with Crippen LogP contribution in [0.25, 0.3) is 0 Å². The predicted molar refractivity (Wildman–Crippen MR) is 72.4 cm³/mol. The standard InChI is InChI=1S/C14H25N3O/c1-18-8-7-15-9-14-10-16-12-17(14)11-13-5-3-2-4-6-13/h10,12-13,15H,2-9,11H2,1H3. The Bertz CT molecular complexity index is 332. The Hall–Kier alpha value is -0.870. The number of rotatable bonds is 7. The summed E-state index contributed by atoms with van der Waals surface area (Å²) in [6.07, 6.45) is 10.9. The van der Waals surface area contributed by atoms with Crippen LogP contribution in [-0.2, 0) is 17.8 Å². The van der Waals surface area contributed by atoms with Crippen molar-refractivity contribution in [1.29, 1.82) is 0 Å². The highest BCUT2D eigenvalue weighted by molar-refractivity contribution is 4.98. The Morgan fingerprint density at radius 1 is 1.39 bits per heavy atom. The summed E-state index contributed by atoms with van der Waals surface area (Å²) < 4.78 is 7.34. The zero-order chi connectivity index (χ0) is 12.6. The zero-order valence-electron chi connectivity index (χ0n) is 11.4. The Morgan fingerprint density at radius 2 is 2.22 bits per heavy atom. The Morgan fingerprint density at radius 3 is 3.00 bits per heavy atom. The van der Waals surface area contributed by atoms with Crippen molar-refractivity contribution in [3.8, 4) is 0 Å². The molecule has 1 N–H and O–H groups in total. The number of nitrogens with one attached hydrogen (secondary N) is 1. The van der Waals surface area contributed by atoms with Crippen LogP contribution in [0.15, 0.2) is 12.5 Å². The molecule has 0 aliphatic heterocycles. The average Bonchev–Trinajstić information content (AvgIpc) is 2.83. The van der Waals surface area contributed by atoms with Gasteiger partial charge in [-0.3, -0.25) is 0 Å². The minimum absolute atomic E-state index is 0.761. The average molecular weight is 251 g/mol. The fourth-order valence-corrected chi connectivity index (χ4v) is 2.70. The molecule has 18 heavy (non-hydrogen) atoms. The molecule has 102 valence electrons. The van der Waals surface area contributed by atoms with Crippen LogP contribution in [0.1, 0.15) is 37.8 Å². The smallest absolute Gasteiger partial charge is 0.0948 e. The van der Waals surface area contributed by atoms with Gasteiger partial charge in [0.15, 0.2) is 0 Å². The molecule has 1 aromatic heterocycles. The normalized spacial score (nSPS) is 17.2. The molecule has 0 atom stereocenters. The van der Waals surface area contributed by atoms with Crippen molar-refractivity contribution in [2.75, 3.05) is 20.3 Å². The molecule has 4 heteroatoms. The van der Waals surface area contributed by atoms with Crippen LogP contribution in [0.4, 0.5) is 0 Å². The third-order valence-corrected chi connectivity index (χ3v) is 3.77. The zero-order valence-corrected chi connectivity index (χ0v) is 11.4. The molecule has 1 fully saturated rings. The molecule has 0 spiro atoms. The Balaban J connectivity index is 1.79. The quantitative estimate of drug-likeness (QED) is 0.755. The number of aromatic nitrogens is 2. The Kier molecular flexibility index (Phi) is 5.68. The predicted octanol–water partition coefficient (Wildman–Crippen LogP) is 2.20. The second kappa shape index (κ2) is 7.54. The SMILES string of the molecule is COCCNCc1cncn1CC1CCCCC1. The Labute approximate surface area is 110 Å². The molecule has 1 heterocycles. The molecule has 1 saturated carbocycles. The molecule has 4 nitrogen and oxygen atoms in total. The lowest BCUT2D eigenvalue weighted by Gasteiger charge is -2.22. The van der Waals surface area contributed by atoms with Gasteiger partial charge in [0.2, 0.25) is 0 Å². The van der Waals surface area contributed by atoms with Crippen molar-refractivity contribution in [1.82, 2.24) is 14.9 Å². The molecular weight excluding hydrogens is 226 g/mol. The van der Waals surface area contributed by atoms with E-state index in [2.05, 4.69) is 14.9 Å². The number of methoxy groups -OCH3 is 1. The lowest BCUT2D eigenvalue weighted by molar-refractivity contribution is 0.199. The van der Waals surface area contributed by atoms with Crippen molar-refractivity contribution in [2.45, 2.75) is 45.2 Å². The van der Waals surface area contributed by atoms with Gasteiger partial charge < -0.3 is 14.6 Å². The van der Waals surface area contributed by atoms with E-state index in [1.54, 1.807) is 7.11 Å². The molecule has 0 bridgehead atoms. The third kappa shape index (κ3) is 4.10. The molecular formula is C14H25N3O. The van der Waals surface area contributed by atoms with Gasteiger partial charge >= 0.3 is 0 Å². The highest BCUT2D eigenvalue weighted by Gasteiger charge is 2.14. The van der Waals surface area contributed by atoms with Crippen LogP contribution in [-0.4, -0.2) is 29.8 Å². The molecule has 0 saturated heterocycles. The van der Waals surface area contributed by atoms with Crippen LogP contribution < -0.4 is 5.32 Å². The van der Waals surface area contributed by atoms with Crippen molar-refractivity contribution in [2.24, 2.45) is 5.92 Å². The van der Waals surface area contributed by atoms with Crippen molar-refractivity contribution in [3.63, 3.8) is 0 Å². The van der Waals surface area contributed by atoms with Crippen LogP contribution >= 0.6 is 0 Å². The molecule has 0 radical (unpaired) electrons. The van der Waals surface area contributed by atoms with Gasteiger partial charge in [-0.2, -0.15) is 0 Å². The van der Waals surface area contributed by atoms with Gasteiger partial charge in [0.1, 0.15) is 0 Å². The first-order chi connectivity index (χ1) is 8.90. The van der Waals surface area contributed by atoms with E-state index in [0.29, 0.717) is 0 Å². The molecule has 0 unspecified atom stereocenters. The topological polar surface area (TPSA) is 39.1 Å². The number of nitrogens with zero attached hydrogens (tertiary/aromatic N) is 2. The van der Waals surface area contributed by atoms with E-state index in [-0.39, 0.29) is 0 Å². The highest BCUT2D eigenvalue weighted by Crippen LogP contribution is 2.25. The van der Waals surface area contributed by atoms with E-state index in [9.17, 15) is 0 Å². The van der Waals surface area contributed by atoms with Gasteiger partial charge in [-0.05, 0) is 18.8 Å². The lowest BCUT2D eigenvalue weighted by atomic mass is 9.89. The summed E-state index contributed by atoms with van der Waals surface area (Å²) in [5.41, 5.74) is 1.29. The second-order valence-corrected chi connectivity index (χ2v) is 5.21. The van der Waals surface area contributed by atoms with Gasteiger partial charge in [0.25, 0.3) is 0 Å². The van der Waals surface area contributed by atoms with E-state index < -0.39 is 0 Å². The van der Waals surface area contributed by atoms with Crippen molar-refractivity contribution < 1.29 is 4.74 Å². The number of ether oxygens (including phenoxy) is 1. The summed E-state index contributed by atoms with van der Waals surface area (Å²) >= 11 is 0. The summed E-state index contributed by atoms with van der Waals surface area (Å²) in [5, 5.41) is 3.38. The number of imidazole rings is 1. The largest absolute Gasteiger partial charge is 0.383 e. The van der Waals surface area contributed by atoms with Crippen LogP contribution in [0, 0.1) is 5.92 Å². The van der Waals surface area contributed by atoms with Crippen LogP contribution in [0.2, 0.25) is 0 Å². The van der Waals surface area contributed by atoms with Crippen LogP contribution in [0.5, 0.6) is 0 Å². The van der Waals surface area contributed by atoms with Gasteiger partial charge in [0, 0.05) is 32.9 Å². The fourth-order valence-electron chi connectivity index (χ4n) is 2.70. The van der Waals surface area contributed by atoms with Gasteiger partial charge in [0.05, 0.1) is 18.6 Å². The minimum atomic E-state index is 0.761. The second-order valence-electron chi connectivity index (χ2n) is 5.21. The van der Waals surface area contributed by atoms with Gasteiger partial charge in [-0.1, -0.05) is 19.3 Å². The van der Waals surface area contributed by atoms with E-state index in [0.717, 1.165) is 32.2 Å². The lowest BCUT2D eigenvalue weighted by Crippen LogP contribution is -2.22. The molecule has 1 aliphatic carbocycles. The van der Waals surface area contributed by atoms with E-state index in [1.165, 1.54) is 37.8 Å². The summed E-state index contributed by atoms with van der Waals surface area (Å²) in [6.45, 7) is 3.68. The molecule has 2 rings (SSSR count). The number of hydrogen-bond acceptors (Lipinski definition) is 3. The molecule has 1 aromatic rings. The molecule has 1 aliphatic rings. The van der Waals surface area contributed by atoms with Crippen molar-refractivity contribution in [3.05, 3.63) is 18.2 Å². The monoisotopic (exact) mass is 251 g/mol. The van der Waals surface area contributed by atoms with E-state index in [4.69, 9.17) is 4.74 Å². The maximum Gasteiger partial charge on any atom is 0.0948 e. The summed E-state index contributed by atoms with van der Waals surface area (Å²) in [4.78, 5) is 4.28. The van der Waals surface area contributed by atoms with E-state index in [1.807, 2.05) is 12.5 Å². The molecule has 0 amide bonds. The summed E-state index contributed by atoms with van der Waals surface area (Å²) in [7, 11) is 1.73. The summed E-state index contributed by atoms with van der Waals surface area (Å²) in [5.74, 6) is 0.852. The fraction of sp³-hybridized carbons (Fsp3) is 0.786. The third-order valence-electron chi connectivity index (χ3n) is 3.77. The first-order valence-electron chi connectivity index (χ1n) is 7.09. The highest BCUT2D eigenvalue weighted by atomic mass is 16.5. The first kappa shape index (κ1) is 13.6. The van der Waals surface area contributed by atoms with Gasteiger partial charge in [-0.25, -0.2) is 4.98 Å². The van der Waals surface area contributed by atoms with Gasteiger partial charge in [-0.15, -0.1) is 0 Å². The maximum absolute atomic E-state index is 5.03. The van der Waals surface area contributed by atoms with Crippen molar-refractivity contribution >= 4 is 0 Å². The van der Waals surface area contributed by atoms with E-state index >= 15 is 0 Å². The number of hydrogen-bond donors (Lipinski definition) is 1. The maximum atomic E-state index is 5.03. The minimum Gasteiger partial charge on any atom is -0.383 e. The summed E-state index contributed by atoms with van der Waals surface area (Å²) in [6, 6.07) is 0. The first-order valence-corrected chi connectivity index (χ1v) is 7.09. The van der Waals surface area contributed by atoms with Crippen LogP contribution in [0.3, 0.4) is 0 Å².